The molecule has 24 heavy (non-hydrogen) atoms. The van der Waals surface area contributed by atoms with Gasteiger partial charge in [0.1, 0.15) is 5.60 Å². The van der Waals surface area contributed by atoms with Crippen LogP contribution >= 0.6 is 0 Å². The fourth-order valence-electron chi connectivity index (χ4n) is 2.74. The highest BCUT2D eigenvalue weighted by molar-refractivity contribution is 5.68. The van der Waals surface area contributed by atoms with Crippen LogP contribution in [0.2, 0.25) is 0 Å². The molecule has 0 bridgehead atoms. The summed E-state index contributed by atoms with van der Waals surface area (Å²) in [5.41, 5.74) is -0.590. The zero-order chi connectivity index (χ0) is 18.6. The van der Waals surface area contributed by atoms with Crippen LogP contribution < -0.4 is 0 Å². The summed E-state index contributed by atoms with van der Waals surface area (Å²) in [6, 6.07) is -0.0250. The van der Waals surface area contributed by atoms with E-state index in [4.69, 9.17) is 4.74 Å². The van der Waals surface area contributed by atoms with Gasteiger partial charge in [0.15, 0.2) is 0 Å². The zero-order valence-corrected chi connectivity index (χ0v) is 14.4. The Morgan fingerprint density at radius 1 is 1.08 bits per heavy atom. The van der Waals surface area contributed by atoms with Gasteiger partial charge >= 0.3 is 18.2 Å². The van der Waals surface area contributed by atoms with Gasteiger partial charge in [-0.1, -0.05) is 12.8 Å². The fraction of sp³-hybridized carbons (Fsp3) is 0.938. The van der Waals surface area contributed by atoms with Crippen LogP contribution in [0.25, 0.3) is 0 Å². The van der Waals surface area contributed by atoms with Crippen molar-refractivity contribution in [1.82, 2.24) is 4.90 Å². The Bertz CT molecular complexity index is 418. The Hall–Kier alpha value is -1.08. The average molecular weight is 359 g/mol. The molecule has 0 saturated carbocycles. The van der Waals surface area contributed by atoms with E-state index in [2.05, 4.69) is 0 Å². The summed E-state index contributed by atoms with van der Waals surface area (Å²) >= 11 is 0. The molecule has 1 atom stereocenters. The van der Waals surface area contributed by atoms with E-state index in [9.17, 15) is 26.7 Å². The molecule has 0 aromatic heterocycles. The first kappa shape index (κ1) is 21.0. The molecular formula is C16H26F5NO2. The lowest BCUT2D eigenvalue weighted by Crippen LogP contribution is -2.39. The van der Waals surface area contributed by atoms with Gasteiger partial charge in [0.2, 0.25) is 0 Å². The number of alkyl halides is 5. The van der Waals surface area contributed by atoms with Crippen LogP contribution in [0.4, 0.5) is 26.7 Å². The topological polar surface area (TPSA) is 29.5 Å². The first-order valence-corrected chi connectivity index (χ1v) is 8.28. The summed E-state index contributed by atoms with van der Waals surface area (Å²) in [6.07, 6.45) is -4.21. The highest BCUT2D eigenvalue weighted by Crippen LogP contribution is 2.39. The van der Waals surface area contributed by atoms with Gasteiger partial charge in [-0.05, 0) is 46.5 Å². The molecule has 1 amide bonds. The molecule has 0 N–H and O–H groups in total. The molecule has 1 heterocycles. The molecule has 1 aliphatic heterocycles. The standard InChI is InChI=1S/C16H26F5NO2/c1-14(2,3)24-13(23)22-11-7-9-12(22)8-5-4-6-10-15(17,18)16(19,20)21/h12H,4-11H2,1-3H3. The van der Waals surface area contributed by atoms with Crippen molar-refractivity contribution < 1.29 is 31.5 Å². The van der Waals surface area contributed by atoms with Crippen LogP contribution in [0.3, 0.4) is 0 Å². The van der Waals surface area contributed by atoms with Gasteiger partial charge in [0.25, 0.3) is 0 Å². The van der Waals surface area contributed by atoms with Crippen LogP contribution in [0, 0.1) is 0 Å². The van der Waals surface area contributed by atoms with Crippen molar-refractivity contribution in [2.24, 2.45) is 0 Å². The molecule has 0 aliphatic carbocycles. The quantitative estimate of drug-likeness (QED) is 0.461. The van der Waals surface area contributed by atoms with Crippen molar-refractivity contribution in [2.75, 3.05) is 6.54 Å². The van der Waals surface area contributed by atoms with E-state index in [1.165, 1.54) is 0 Å². The number of nitrogens with zero attached hydrogens (tertiary/aromatic N) is 1. The van der Waals surface area contributed by atoms with E-state index in [0.29, 0.717) is 19.4 Å². The normalized spacial score (nSPS) is 19.7. The first-order valence-electron chi connectivity index (χ1n) is 8.28. The minimum Gasteiger partial charge on any atom is -0.444 e. The summed E-state index contributed by atoms with van der Waals surface area (Å²) in [6.45, 7) is 5.91. The maximum Gasteiger partial charge on any atom is 0.453 e. The van der Waals surface area contributed by atoms with Crippen molar-refractivity contribution >= 4 is 6.09 Å². The molecule has 0 radical (unpaired) electrons. The smallest absolute Gasteiger partial charge is 0.444 e. The lowest BCUT2D eigenvalue weighted by atomic mass is 10.0. The van der Waals surface area contributed by atoms with Gasteiger partial charge in [0, 0.05) is 19.0 Å². The third-order valence-electron chi connectivity index (χ3n) is 3.95. The van der Waals surface area contributed by atoms with Crippen LogP contribution in [0.15, 0.2) is 0 Å². The van der Waals surface area contributed by atoms with Gasteiger partial charge < -0.3 is 9.64 Å². The molecule has 3 nitrogen and oxygen atoms in total. The SMILES string of the molecule is CC(C)(C)OC(=O)N1CCCC1CCCCCC(F)(F)C(F)(F)F. The number of hydrogen-bond donors (Lipinski definition) is 0. The summed E-state index contributed by atoms with van der Waals surface area (Å²) in [7, 11) is 0. The molecule has 1 unspecified atom stereocenters. The van der Waals surface area contributed by atoms with Crippen LogP contribution in [-0.2, 0) is 4.74 Å². The van der Waals surface area contributed by atoms with Crippen LogP contribution in [0.1, 0.15) is 65.7 Å². The lowest BCUT2D eigenvalue weighted by Gasteiger charge is -2.28. The molecule has 0 aromatic carbocycles. The molecular weight excluding hydrogens is 333 g/mol. The maximum atomic E-state index is 12.8. The Morgan fingerprint density at radius 3 is 2.25 bits per heavy atom. The summed E-state index contributed by atoms with van der Waals surface area (Å²) in [5.74, 6) is -4.62. The molecule has 1 saturated heterocycles. The maximum absolute atomic E-state index is 12.8. The van der Waals surface area contributed by atoms with Gasteiger partial charge in [-0.25, -0.2) is 4.79 Å². The van der Waals surface area contributed by atoms with E-state index >= 15 is 0 Å². The van der Waals surface area contributed by atoms with Gasteiger partial charge in [-0.3, -0.25) is 0 Å². The molecule has 142 valence electrons. The monoisotopic (exact) mass is 359 g/mol. The van der Waals surface area contributed by atoms with E-state index in [1.807, 2.05) is 0 Å². The highest BCUT2D eigenvalue weighted by atomic mass is 19.4. The second kappa shape index (κ2) is 7.87. The molecule has 0 aromatic rings. The third kappa shape index (κ3) is 6.43. The van der Waals surface area contributed by atoms with Gasteiger partial charge in [-0.2, -0.15) is 22.0 Å². The molecule has 0 spiro atoms. The van der Waals surface area contributed by atoms with Crippen molar-refractivity contribution in [1.29, 1.82) is 0 Å². The summed E-state index contributed by atoms with van der Waals surface area (Å²) in [5, 5.41) is 0. The number of carbonyl (C=O) groups excluding carboxylic acids is 1. The van der Waals surface area contributed by atoms with E-state index in [1.54, 1.807) is 25.7 Å². The van der Waals surface area contributed by atoms with Crippen molar-refractivity contribution in [3.05, 3.63) is 0 Å². The Morgan fingerprint density at radius 2 is 1.71 bits per heavy atom. The van der Waals surface area contributed by atoms with E-state index < -0.39 is 30.2 Å². The van der Waals surface area contributed by atoms with E-state index in [0.717, 1.165) is 12.8 Å². The zero-order valence-electron chi connectivity index (χ0n) is 14.4. The third-order valence-corrected chi connectivity index (χ3v) is 3.95. The van der Waals surface area contributed by atoms with Crippen LogP contribution in [0.5, 0.6) is 0 Å². The molecule has 8 heteroatoms. The number of hydrogen-bond acceptors (Lipinski definition) is 2. The van der Waals surface area contributed by atoms with Gasteiger partial charge in [0.05, 0.1) is 0 Å². The molecule has 1 rings (SSSR count). The number of ether oxygens (including phenoxy) is 1. The second-order valence-electron chi connectivity index (χ2n) is 7.27. The minimum atomic E-state index is -5.48. The van der Waals surface area contributed by atoms with Crippen LogP contribution in [-0.4, -0.2) is 41.3 Å². The Balaban J connectivity index is 2.33. The number of unbranched alkanes of at least 4 members (excludes halogenated alkanes) is 2. The summed E-state index contributed by atoms with van der Waals surface area (Å²) < 4.78 is 67.1. The molecule has 1 fully saturated rings. The first-order chi connectivity index (χ1) is 10.8. The van der Waals surface area contributed by atoms with Crippen molar-refractivity contribution in [3.8, 4) is 0 Å². The Kier molecular flexibility index (Phi) is 6.87. The minimum absolute atomic E-state index is 0.0250. The number of carbonyl (C=O) groups is 1. The highest BCUT2D eigenvalue weighted by Gasteiger charge is 2.56. The van der Waals surface area contributed by atoms with Crippen molar-refractivity contribution in [3.63, 3.8) is 0 Å². The predicted molar refractivity (Wildman–Crippen MR) is 80.0 cm³/mol. The van der Waals surface area contributed by atoms with Gasteiger partial charge in [-0.15, -0.1) is 0 Å². The predicted octanol–water partition coefficient (Wildman–Crippen LogP) is 5.53. The number of amides is 1. The number of halogens is 5. The second-order valence-corrected chi connectivity index (χ2v) is 7.27. The molecule has 1 aliphatic rings. The van der Waals surface area contributed by atoms with Crippen molar-refractivity contribution in [2.45, 2.75) is 89.5 Å². The Labute approximate surface area is 139 Å². The lowest BCUT2D eigenvalue weighted by molar-refractivity contribution is -0.284. The summed E-state index contributed by atoms with van der Waals surface area (Å²) in [4.78, 5) is 13.7. The average Bonchev–Trinajstić information content (AvgIpc) is 2.83. The number of rotatable bonds is 6. The fourth-order valence-corrected chi connectivity index (χ4v) is 2.74. The number of likely N-dealkylation sites (tertiary alicyclic amines) is 1. The van der Waals surface area contributed by atoms with E-state index in [-0.39, 0.29) is 18.9 Å². The largest absolute Gasteiger partial charge is 0.453 e.